The van der Waals surface area contributed by atoms with Crippen LogP contribution in [0.15, 0.2) is 42.7 Å². The Labute approximate surface area is 115 Å². The van der Waals surface area contributed by atoms with Crippen molar-refractivity contribution in [2.24, 2.45) is 0 Å². The van der Waals surface area contributed by atoms with Gasteiger partial charge < -0.3 is 10.6 Å². The Bertz CT molecular complexity index is 780. The molecule has 0 unspecified atom stereocenters. The molecule has 2 aromatic heterocycles. The van der Waals surface area contributed by atoms with E-state index < -0.39 is 0 Å². The number of amides is 1. The monoisotopic (exact) mass is 267 g/mol. The Morgan fingerprint density at radius 2 is 2.20 bits per heavy atom. The molecule has 1 amide bonds. The van der Waals surface area contributed by atoms with Crippen LogP contribution >= 0.6 is 0 Å². The molecule has 0 saturated carbocycles. The van der Waals surface area contributed by atoms with E-state index in [1.807, 2.05) is 30.3 Å². The molecule has 0 aliphatic heterocycles. The third-order valence-corrected chi connectivity index (χ3v) is 3.14. The number of hydrogen-bond acceptors (Lipinski definition) is 4. The molecule has 0 bridgehead atoms. The second-order valence-corrected chi connectivity index (χ2v) is 4.43. The Balaban J connectivity index is 2.18. The molecule has 2 N–H and O–H groups in total. The molecular formula is C14H13N5O. The van der Waals surface area contributed by atoms with Crippen LogP contribution in [0.1, 0.15) is 0 Å². The van der Waals surface area contributed by atoms with E-state index in [4.69, 9.17) is 5.73 Å². The first kappa shape index (κ1) is 12.2. The fourth-order valence-electron chi connectivity index (χ4n) is 2.07. The maximum atomic E-state index is 10.9. The highest BCUT2D eigenvalue weighted by atomic mass is 16.1. The van der Waals surface area contributed by atoms with Gasteiger partial charge in [0.2, 0.25) is 6.41 Å². The van der Waals surface area contributed by atoms with Gasteiger partial charge in [-0.25, -0.2) is 9.50 Å². The van der Waals surface area contributed by atoms with Gasteiger partial charge in [-0.05, 0) is 18.2 Å². The van der Waals surface area contributed by atoms with E-state index in [-0.39, 0.29) is 0 Å². The van der Waals surface area contributed by atoms with Crippen LogP contribution in [0.3, 0.4) is 0 Å². The molecule has 0 aliphatic carbocycles. The number of carbonyl (C=O) groups excluding carboxylic acids is 1. The van der Waals surface area contributed by atoms with E-state index >= 15 is 0 Å². The zero-order chi connectivity index (χ0) is 14.1. The lowest BCUT2D eigenvalue weighted by molar-refractivity contribution is -0.107. The lowest BCUT2D eigenvalue weighted by atomic mass is 10.1. The zero-order valence-corrected chi connectivity index (χ0v) is 10.9. The summed E-state index contributed by atoms with van der Waals surface area (Å²) in [4.78, 5) is 16.6. The summed E-state index contributed by atoms with van der Waals surface area (Å²) in [5.41, 5.74) is 9.59. The number of benzene rings is 1. The average molecular weight is 267 g/mol. The topological polar surface area (TPSA) is 76.5 Å². The van der Waals surface area contributed by atoms with Crippen LogP contribution in [0.2, 0.25) is 0 Å². The molecule has 6 heteroatoms. The van der Waals surface area contributed by atoms with E-state index in [1.165, 1.54) is 4.90 Å². The van der Waals surface area contributed by atoms with Crippen molar-refractivity contribution in [3.63, 3.8) is 0 Å². The van der Waals surface area contributed by atoms with Crippen LogP contribution in [0.25, 0.3) is 16.9 Å². The zero-order valence-electron chi connectivity index (χ0n) is 10.9. The molecule has 3 aromatic rings. The van der Waals surface area contributed by atoms with Crippen LogP contribution in [0.4, 0.5) is 11.4 Å². The van der Waals surface area contributed by atoms with Crippen LogP contribution in [-0.2, 0) is 4.79 Å². The smallest absolute Gasteiger partial charge is 0.213 e. The van der Waals surface area contributed by atoms with Crippen LogP contribution < -0.4 is 10.6 Å². The third-order valence-electron chi connectivity index (χ3n) is 3.14. The minimum Gasteiger partial charge on any atom is -0.394 e. The van der Waals surface area contributed by atoms with Gasteiger partial charge in [-0.2, -0.15) is 5.10 Å². The Morgan fingerprint density at radius 3 is 3.00 bits per heavy atom. The Kier molecular flexibility index (Phi) is 2.83. The van der Waals surface area contributed by atoms with Gasteiger partial charge in [-0.15, -0.1) is 0 Å². The number of fused-ring (bicyclic) bond motifs is 1. The highest BCUT2D eigenvalue weighted by Crippen LogP contribution is 2.25. The maximum absolute atomic E-state index is 10.9. The first-order valence-corrected chi connectivity index (χ1v) is 6.07. The van der Waals surface area contributed by atoms with E-state index in [2.05, 4.69) is 10.1 Å². The largest absolute Gasteiger partial charge is 0.394 e. The SMILES string of the molecule is CN(C=O)c1cccc(-c2ccnc3c(N)cnn23)c1. The molecule has 2 heterocycles. The summed E-state index contributed by atoms with van der Waals surface area (Å²) in [5.74, 6) is 0. The predicted molar refractivity (Wildman–Crippen MR) is 77.3 cm³/mol. The van der Waals surface area contributed by atoms with Gasteiger partial charge in [-0.1, -0.05) is 12.1 Å². The molecule has 0 aliphatic rings. The second-order valence-electron chi connectivity index (χ2n) is 4.43. The summed E-state index contributed by atoms with van der Waals surface area (Å²) in [5, 5.41) is 4.24. The molecule has 6 nitrogen and oxygen atoms in total. The van der Waals surface area contributed by atoms with Crippen molar-refractivity contribution < 1.29 is 4.79 Å². The number of nitrogen functional groups attached to an aromatic ring is 1. The van der Waals surface area contributed by atoms with Gasteiger partial charge in [0.1, 0.15) is 0 Å². The number of nitrogens with zero attached hydrogens (tertiary/aromatic N) is 4. The van der Waals surface area contributed by atoms with E-state index in [9.17, 15) is 4.79 Å². The number of carbonyl (C=O) groups is 1. The number of aromatic nitrogens is 3. The molecule has 1 aromatic carbocycles. The average Bonchev–Trinajstić information content (AvgIpc) is 2.88. The molecule has 0 fully saturated rings. The van der Waals surface area contributed by atoms with Crippen molar-refractivity contribution in [2.75, 3.05) is 17.7 Å². The summed E-state index contributed by atoms with van der Waals surface area (Å²) >= 11 is 0. The minimum absolute atomic E-state index is 0.535. The number of nitrogens with two attached hydrogens (primary N) is 1. The van der Waals surface area contributed by atoms with Crippen molar-refractivity contribution in [1.29, 1.82) is 0 Å². The molecule has 20 heavy (non-hydrogen) atoms. The molecule has 0 radical (unpaired) electrons. The van der Waals surface area contributed by atoms with E-state index in [1.54, 1.807) is 24.0 Å². The number of anilines is 2. The molecule has 3 rings (SSSR count). The van der Waals surface area contributed by atoms with E-state index in [0.29, 0.717) is 11.3 Å². The summed E-state index contributed by atoms with van der Waals surface area (Å²) in [6.45, 7) is 0. The summed E-state index contributed by atoms with van der Waals surface area (Å²) in [7, 11) is 1.71. The first-order valence-electron chi connectivity index (χ1n) is 6.07. The summed E-state index contributed by atoms with van der Waals surface area (Å²) in [6, 6.07) is 9.49. The molecule has 0 spiro atoms. The Morgan fingerprint density at radius 1 is 1.35 bits per heavy atom. The lowest BCUT2D eigenvalue weighted by Crippen LogP contribution is -2.13. The van der Waals surface area contributed by atoms with Gasteiger partial charge in [0.25, 0.3) is 0 Å². The molecule has 0 atom stereocenters. The second kappa shape index (κ2) is 4.65. The number of hydrogen-bond donors (Lipinski definition) is 1. The van der Waals surface area contributed by atoms with Crippen LogP contribution in [-0.4, -0.2) is 28.1 Å². The quantitative estimate of drug-likeness (QED) is 0.731. The molecule has 0 saturated heterocycles. The maximum Gasteiger partial charge on any atom is 0.213 e. The summed E-state index contributed by atoms with van der Waals surface area (Å²) < 4.78 is 1.69. The fraction of sp³-hybridized carbons (Fsp3) is 0.0714. The Hall–Kier alpha value is -2.89. The van der Waals surface area contributed by atoms with Gasteiger partial charge in [0.05, 0.1) is 17.6 Å². The normalized spacial score (nSPS) is 10.7. The van der Waals surface area contributed by atoms with Crippen molar-refractivity contribution in [3.05, 3.63) is 42.7 Å². The van der Waals surface area contributed by atoms with Crippen LogP contribution in [0, 0.1) is 0 Å². The van der Waals surface area contributed by atoms with Gasteiger partial charge in [-0.3, -0.25) is 4.79 Å². The van der Waals surface area contributed by atoms with Gasteiger partial charge in [0.15, 0.2) is 5.65 Å². The summed E-state index contributed by atoms with van der Waals surface area (Å²) in [6.07, 6.45) is 4.04. The first-order chi connectivity index (χ1) is 9.70. The third kappa shape index (κ3) is 1.87. The van der Waals surface area contributed by atoms with Crippen molar-refractivity contribution in [2.45, 2.75) is 0 Å². The van der Waals surface area contributed by atoms with Crippen LogP contribution in [0.5, 0.6) is 0 Å². The molecular weight excluding hydrogens is 254 g/mol. The van der Waals surface area contributed by atoms with Crippen molar-refractivity contribution in [3.8, 4) is 11.3 Å². The van der Waals surface area contributed by atoms with Gasteiger partial charge in [0, 0.05) is 24.5 Å². The lowest BCUT2D eigenvalue weighted by Gasteiger charge is -2.12. The van der Waals surface area contributed by atoms with Crippen molar-refractivity contribution >= 4 is 23.4 Å². The minimum atomic E-state index is 0.535. The van der Waals surface area contributed by atoms with Gasteiger partial charge >= 0.3 is 0 Å². The standard InChI is InChI=1S/C14H13N5O/c1-18(9-20)11-4-2-3-10(7-11)13-5-6-16-14-12(15)8-17-19(13)14/h2-9H,15H2,1H3. The predicted octanol–water partition coefficient (Wildman–Crippen LogP) is 1.57. The fourth-order valence-corrected chi connectivity index (χ4v) is 2.07. The molecule has 100 valence electrons. The highest BCUT2D eigenvalue weighted by molar-refractivity contribution is 5.78. The highest BCUT2D eigenvalue weighted by Gasteiger charge is 2.09. The number of rotatable bonds is 3. The van der Waals surface area contributed by atoms with E-state index in [0.717, 1.165) is 23.4 Å². The van der Waals surface area contributed by atoms with Crippen molar-refractivity contribution in [1.82, 2.24) is 14.6 Å².